The van der Waals surface area contributed by atoms with Gasteiger partial charge in [0.1, 0.15) is 18.1 Å². The molecule has 1 atom stereocenters. The minimum absolute atomic E-state index is 0.113. The lowest BCUT2D eigenvalue weighted by atomic mass is 9.91. The van der Waals surface area contributed by atoms with E-state index in [4.69, 9.17) is 19.2 Å². The van der Waals surface area contributed by atoms with Crippen molar-refractivity contribution in [2.45, 2.75) is 25.9 Å². The normalized spacial score (nSPS) is 14.0. The van der Waals surface area contributed by atoms with Crippen molar-refractivity contribution in [2.75, 3.05) is 44.8 Å². The first-order chi connectivity index (χ1) is 21.6. The van der Waals surface area contributed by atoms with Gasteiger partial charge in [-0.25, -0.2) is 4.98 Å². The van der Waals surface area contributed by atoms with Gasteiger partial charge in [0.05, 0.1) is 25.1 Å². The molecule has 8 heteroatoms. The summed E-state index contributed by atoms with van der Waals surface area (Å²) in [6.07, 6.45) is 4.16. The molecule has 1 amide bonds. The van der Waals surface area contributed by atoms with Crippen LogP contribution in [0.25, 0.3) is 5.65 Å². The van der Waals surface area contributed by atoms with Gasteiger partial charge in [-0.1, -0.05) is 54.6 Å². The number of piperazine rings is 1. The predicted octanol–water partition coefficient (Wildman–Crippen LogP) is 6.19. The van der Waals surface area contributed by atoms with Gasteiger partial charge < -0.3 is 28.4 Å². The molecule has 1 aliphatic heterocycles. The smallest absolute Gasteiger partial charge is 0.223 e. The number of amides is 1. The molecule has 226 valence electrons. The quantitative estimate of drug-likeness (QED) is 0.183. The van der Waals surface area contributed by atoms with Crippen LogP contribution in [0.4, 0.5) is 5.69 Å². The molecule has 0 spiro atoms. The van der Waals surface area contributed by atoms with Crippen molar-refractivity contribution in [3.8, 4) is 17.2 Å². The number of carbonyl (C=O) groups excluding carboxylic acids is 1. The molecule has 44 heavy (non-hydrogen) atoms. The van der Waals surface area contributed by atoms with Crippen LogP contribution in [0.5, 0.6) is 17.2 Å². The van der Waals surface area contributed by atoms with Gasteiger partial charge >= 0.3 is 0 Å². The molecule has 5 aromatic rings. The lowest BCUT2D eigenvalue weighted by molar-refractivity contribution is -0.131. The Morgan fingerprint density at radius 3 is 2.43 bits per heavy atom. The summed E-state index contributed by atoms with van der Waals surface area (Å²) in [5.74, 6) is 2.22. The van der Waals surface area contributed by atoms with E-state index in [-0.39, 0.29) is 11.8 Å². The zero-order valence-corrected chi connectivity index (χ0v) is 25.3. The van der Waals surface area contributed by atoms with Gasteiger partial charge in [0.15, 0.2) is 11.4 Å². The molecule has 0 N–H and O–H groups in total. The number of ether oxygens (including phenoxy) is 3. The number of benzene rings is 3. The van der Waals surface area contributed by atoms with Crippen LogP contribution in [0.3, 0.4) is 0 Å². The summed E-state index contributed by atoms with van der Waals surface area (Å²) in [4.78, 5) is 23.0. The minimum atomic E-state index is -0.228. The Balaban J connectivity index is 1.23. The standard InChI is InChI=1S/C36H38N4O4/c1-3-43-33-16-8-7-15-31(33)38-19-21-39(22-20-38)35(41)24-30(28-13-9-14-29(23-28)42-2)32-25-37-36-34(17-10-18-40(32)36)44-26-27-11-5-4-6-12-27/h4-18,23,25,30H,3,19-22,24,26H2,1-2H3. The fourth-order valence-electron chi connectivity index (χ4n) is 5.86. The molecule has 1 saturated heterocycles. The Morgan fingerprint density at radius 2 is 1.64 bits per heavy atom. The van der Waals surface area contributed by atoms with Crippen LogP contribution in [-0.2, 0) is 11.4 Å². The number of hydrogen-bond donors (Lipinski definition) is 0. The van der Waals surface area contributed by atoms with Crippen molar-refractivity contribution in [3.05, 3.63) is 120 Å². The van der Waals surface area contributed by atoms with Crippen LogP contribution in [-0.4, -0.2) is 60.1 Å². The Kier molecular flexibility index (Phi) is 8.96. The average Bonchev–Trinajstić information content (AvgIpc) is 3.52. The molecule has 1 aliphatic rings. The average molecular weight is 591 g/mol. The van der Waals surface area contributed by atoms with Crippen LogP contribution in [0.15, 0.2) is 103 Å². The molecule has 0 radical (unpaired) electrons. The maximum atomic E-state index is 13.9. The molecule has 0 aliphatic carbocycles. The van der Waals surface area contributed by atoms with E-state index in [1.165, 1.54) is 0 Å². The van der Waals surface area contributed by atoms with Crippen molar-refractivity contribution < 1.29 is 19.0 Å². The van der Waals surface area contributed by atoms with E-state index in [0.29, 0.717) is 38.5 Å². The molecule has 2 aromatic heterocycles. The molecular weight excluding hydrogens is 552 g/mol. The molecule has 8 nitrogen and oxygen atoms in total. The maximum absolute atomic E-state index is 13.9. The number of nitrogens with zero attached hydrogens (tertiary/aromatic N) is 4. The summed E-state index contributed by atoms with van der Waals surface area (Å²) in [6.45, 7) is 5.85. The number of rotatable bonds is 11. The third-order valence-corrected chi connectivity index (χ3v) is 8.14. The van der Waals surface area contributed by atoms with Crippen LogP contribution >= 0.6 is 0 Å². The number of anilines is 1. The van der Waals surface area contributed by atoms with Gasteiger partial charge in [0.25, 0.3) is 0 Å². The molecule has 3 heterocycles. The molecule has 1 unspecified atom stereocenters. The fourth-order valence-corrected chi connectivity index (χ4v) is 5.86. The van der Waals surface area contributed by atoms with Gasteiger partial charge in [-0.2, -0.15) is 0 Å². The number of carbonyl (C=O) groups is 1. The van der Waals surface area contributed by atoms with Crippen LogP contribution < -0.4 is 19.1 Å². The van der Waals surface area contributed by atoms with E-state index in [1.54, 1.807) is 7.11 Å². The Morgan fingerprint density at radius 1 is 0.864 bits per heavy atom. The van der Waals surface area contributed by atoms with Gasteiger partial charge in [-0.3, -0.25) is 4.79 Å². The number of methoxy groups -OCH3 is 1. The monoisotopic (exact) mass is 590 g/mol. The lowest BCUT2D eigenvalue weighted by Gasteiger charge is -2.37. The Hall–Kier alpha value is -4.98. The number of hydrogen-bond acceptors (Lipinski definition) is 6. The molecule has 6 rings (SSSR count). The van der Waals surface area contributed by atoms with E-state index in [9.17, 15) is 4.79 Å². The number of pyridine rings is 1. The number of aromatic nitrogens is 2. The third kappa shape index (κ3) is 6.34. The van der Waals surface area contributed by atoms with Crippen LogP contribution in [0, 0.1) is 0 Å². The zero-order chi connectivity index (χ0) is 30.3. The predicted molar refractivity (Wildman–Crippen MR) is 172 cm³/mol. The topological polar surface area (TPSA) is 68.5 Å². The van der Waals surface area contributed by atoms with Gasteiger partial charge in [-0.05, 0) is 54.4 Å². The van der Waals surface area contributed by atoms with Gasteiger partial charge in [0.2, 0.25) is 5.91 Å². The van der Waals surface area contributed by atoms with Gasteiger partial charge in [0, 0.05) is 50.9 Å². The maximum Gasteiger partial charge on any atom is 0.223 e. The first-order valence-corrected chi connectivity index (χ1v) is 15.2. The third-order valence-electron chi connectivity index (χ3n) is 8.14. The summed E-state index contributed by atoms with van der Waals surface area (Å²) < 4.78 is 19.6. The summed E-state index contributed by atoms with van der Waals surface area (Å²) in [7, 11) is 1.66. The lowest BCUT2D eigenvalue weighted by Crippen LogP contribution is -2.49. The van der Waals surface area contributed by atoms with Crippen molar-refractivity contribution in [3.63, 3.8) is 0 Å². The Labute approximate surface area is 258 Å². The summed E-state index contributed by atoms with van der Waals surface area (Å²) >= 11 is 0. The number of imidazole rings is 1. The molecule has 0 bridgehead atoms. The number of para-hydroxylation sites is 2. The summed E-state index contributed by atoms with van der Waals surface area (Å²) in [5, 5.41) is 0. The zero-order valence-electron chi connectivity index (χ0n) is 25.3. The van der Waals surface area contributed by atoms with Crippen LogP contribution in [0.1, 0.15) is 36.1 Å². The van der Waals surface area contributed by atoms with Gasteiger partial charge in [-0.15, -0.1) is 0 Å². The summed E-state index contributed by atoms with van der Waals surface area (Å²) in [6, 6.07) is 30.0. The first kappa shape index (κ1) is 29.1. The first-order valence-electron chi connectivity index (χ1n) is 15.2. The highest BCUT2D eigenvalue weighted by Gasteiger charge is 2.28. The molecule has 3 aromatic carbocycles. The second-order valence-corrected chi connectivity index (χ2v) is 10.8. The molecule has 1 fully saturated rings. The van der Waals surface area contributed by atoms with Crippen molar-refractivity contribution >= 4 is 17.2 Å². The Bertz CT molecular complexity index is 1700. The summed E-state index contributed by atoms with van der Waals surface area (Å²) in [5.41, 5.74) is 4.81. The number of fused-ring (bicyclic) bond motifs is 1. The van der Waals surface area contributed by atoms with Crippen molar-refractivity contribution in [1.82, 2.24) is 14.3 Å². The fraction of sp³-hybridized carbons (Fsp3) is 0.278. The van der Waals surface area contributed by atoms with E-state index in [2.05, 4.69) is 17.0 Å². The van der Waals surface area contributed by atoms with E-state index in [0.717, 1.165) is 52.7 Å². The highest BCUT2D eigenvalue weighted by Crippen LogP contribution is 2.34. The minimum Gasteiger partial charge on any atom is -0.497 e. The highest BCUT2D eigenvalue weighted by atomic mass is 16.5. The van der Waals surface area contributed by atoms with E-state index < -0.39 is 0 Å². The van der Waals surface area contributed by atoms with E-state index in [1.807, 2.05) is 107 Å². The van der Waals surface area contributed by atoms with Crippen LogP contribution in [0.2, 0.25) is 0 Å². The second kappa shape index (κ2) is 13.5. The SMILES string of the molecule is CCOc1ccccc1N1CCN(C(=O)CC(c2cccc(OC)c2)c2cnc3c(OCc4ccccc4)cccn23)CC1. The molecule has 0 saturated carbocycles. The van der Waals surface area contributed by atoms with Crippen molar-refractivity contribution in [2.24, 2.45) is 0 Å². The van der Waals surface area contributed by atoms with E-state index >= 15 is 0 Å². The second-order valence-electron chi connectivity index (χ2n) is 10.8. The largest absolute Gasteiger partial charge is 0.497 e. The molecular formula is C36H38N4O4. The van der Waals surface area contributed by atoms with Crippen molar-refractivity contribution in [1.29, 1.82) is 0 Å². The highest BCUT2D eigenvalue weighted by molar-refractivity contribution is 5.78.